The molecule has 8 aromatic rings. The van der Waals surface area contributed by atoms with Gasteiger partial charge in [0.1, 0.15) is 24.7 Å². The third-order valence-electron chi connectivity index (χ3n) is 12.0. The number of ether oxygens (including phenoxy) is 4. The van der Waals surface area contributed by atoms with Crippen LogP contribution in [0.1, 0.15) is 45.7 Å². The fourth-order valence-corrected chi connectivity index (χ4v) is 8.33. The van der Waals surface area contributed by atoms with Gasteiger partial charge < -0.3 is 48.9 Å². The Labute approximate surface area is 436 Å². The van der Waals surface area contributed by atoms with Crippen LogP contribution in [0.3, 0.4) is 0 Å². The van der Waals surface area contributed by atoms with Gasteiger partial charge in [-0.05, 0) is 85.1 Å². The molecule has 2 aliphatic rings. The number of nitrogen functional groups attached to an aromatic ring is 1. The Balaban J connectivity index is 0.000000170. The van der Waals surface area contributed by atoms with E-state index in [1.54, 1.807) is 38.0 Å². The number of halogens is 11. The fourth-order valence-electron chi connectivity index (χ4n) is 8.20. The highest BCUT2D eigenvalue weighted by Gasteiger charge is 2.41. The lowest BCUT2D eigenvalue weighted by molar-refractivity contribution is -0.139. The number of anilines is 5. The molecule has 0 aliphatic carbocycles. The lowest BCUT2D eigenvalue weighted by atomic mass is 9.98. The van der Waals surface area contributed by atoms with Gasteiger partial charge in [-0.2, -0.15) is 36.3 Å². The first-order valence-corrected chi connectivity index (χ1v) is 22.9. The van der Waals surface area contributed by atoms with Crippen LogP contribution in [0.15, 0.2) is 98.1 Å². The van der Waals surface area contributed by atoms with E-state index < -0.39 is 70.0 Å². The van der Waals surface area contributed by atoms with Crippen molar-refractivity contribution in [3.05, 3.63) is 160 Å². The summed E-state index contributed by atoms with van der Waals surface area (Å²) in [6, 6.07) is 10.1. The molecule has 16 nitrogen and oxygen atoms in total. The van der Waals surface area contributed by atoms with Gasteiger partial charge in [0.25, 0.3) is 0 Å². The molecule has 0 amide bonds. The molecule has 0 spiro atoms. The number of hydrogen-bond acceptors (Lipinski definition) is 14. The maximum Gasteiger partial charge on any atom is 0.416 e. The number of fused-ring (bicyclic) bond motifs is 2. The second-order valence-corrected chi connectivity index (χ2v) is 17.4. The molecule has 77 heavy (non-hydrogen) atoms. The highest BCUT2D eigenvalue weighted by Crippen LogP contribution is 2.44. The number of nitrogens with one attached hydrogen (secondary N) is 1. The van der Waals surface area contributed by atoms with Crippen LogP contribution in [0.5, 0.6) is 23.0 Å². The third-order valence-corrected chi connectivity index (χ3v) is 12.2. The van der Waals surface area contributed by atoms with Crippen LogP contribution in [0.25, 0.3) is 11.4 Å². The second kappa shape index (κ2) is 22.0. The summed E-state index contributed by atoms with van der Waals surface area (Å²) < 4.78 is 160. The van der Waals surface area contributed by atoms with Crippen LogP contribution >= 0.6 is 11.6 Å². The summed E-state index contributed by atoms with van der Waals surface area (Å²) in [5.41, 5.74) is 6.98. The lowest BCUT2D eigenvalue weighted by Crippen LogP contribution is -2.36. The topological polar surface area (TPSA) is 169 Å². The van der Waals surface area contributed by atoms with Crippen molar-refractivity contribution in [2.75, 3.05) is 62.4 Å². The van der Waals surface area contributed by atoms with Crippen LogP contribution in [-0.4, -0.2) is 80.6 Å². The molecule has 3 N–H and O–H groups in total. The van der Waals surface area contributed by atoms with Crippen molar-refractivity contribution in [1.82, 2.24) is 39.0 Å². The van der Waals surface area contributed by atoms with Crippen molar-refractivity contribution in [3.8, 4) is 34.4 Å². The van der Waals surface area contributed by atoms with Gasteiger partial charge in [0.2, 0.25) is 11.2 Å². The largest absolute Gasteiger partial charge is 0.494 e. The minimum Gasteiger partial charge on any atom is -0.494 e. The number of nitrogens with two attached hydrogens (primary N) is 1. The van der Waals surface area contributed by atoms with Gasteiger partial charge in [-0.25, -0.2) is 37.5 Å². The smallest absolute Gasteiger partial charge is 0.416 e. The zero-order valence-electron chi connectivity index (χ0n) is 41.1. The number of alkyl halides is 6. The zero-order valence-corrected chi connectivity index (χ0v) is 41.9. The molecule has 2 atom stereocenters. The number of aromatic nitrogens is 8. The standard InChI is InChI=1S/C25H21F5N6O2.C14H9ClF5N3O.C11H13N3O/c1-13-10-36(12-32-13)19-5-4-14(6-21(19)37-3)33-24-31-9-22-23(34-24)35(2)20(11-38-22)15-7-17(26)18(27)8-16(15)25(28,29)30;1-23-10(5-24-11-4-21-13(15)22-12(11)23)6-2-8(16)9(17)3-7(6)14(18,19)20;1-8-6-14(7-13-8)10-4-3-9(12)5-11(10)15-2/h4-10,12,20H,11H2,1-3H3,(H,31,33,34);2-4,10H,5H2,1H3;3-7H,12H2,1-2H3. The first kappa shape index (κ1) is 54.7. The summed E-state index contributed by atoms with van der Waals surface area (Å²) in [5, 5.41) is 2.92. The van der Waals surface area contributed by atoms with E-state index in [1.165, 1.54) is 43.4 Å². The molecule has 0 saturated heterocycles. The SMILES string of the molecule is CN1c2nc(Cl)ncc2OCC1c1cc(F)c(F)cc1C(F)(F)F.COc1cc(N)ccc1-n1cnc(C)c1.COc1cc(Nc2ncc3c(n2)N(C)C(c2cc(F)c(F)cc2C(F)(F)F)CO3)ccc1-n1cnc(C)c1. The number of aryl methyl sites for hydroxylation is 2. The Hall–Kier alpha value is -8.55. The molecule has 27 heteroatoms. The predicted octanol–water partition coefficient (Wildman–Crippen LogP) is 11.4. The molecule has 4 aromatic heterocycles. The maximum atomic E-state index is 14.0. The minimum absolute atomic E-state index is 0.119. The van der Waals surface area contributed by atoms with Crippen molar-refractivity contribution in [3.63, 3.8) is 0 Å². The van der Waals surface area contributed by atoms with Crippen molar-refractivity contribution >= 4 is 40.6 Å². The molecule has 0 fully saturated rings. The Morgan fingerprint density at radius 2 is 1.08 bits per heavy atom. The van der Waals surface area contributed by atoms with E-state index in [9.17, 15) is 43.9 Å². The molecule has 2 aliphatic heterocycles. The lowest BCUT2D eigenvalue weighted by Gasteiger charge is -2.36. The van der Waals surface area contributed by atoms with E-state index in [1.807, 2.05) is 53.6 Å². The third kappa shape index (κ3) is 12.0. The molecule has 10 rings (SSSR count). The van der Waals surface area contributed by atoms with Crippen molar-refractivity contribution in [1.29, 1.82) is 0 Å². The van der Waals surface area contributed by atoms with Crippen molar-refractivity contribution in [2.45, 2.75) is 38.3 Å². The molecular formula is C50H43ClF10N12O4. The van der Waals surface area contributed by atoms with E-state index in [4.69, 9.17) is 36.3 Å². The molecule has 0 bridgehead atoms. The number of methoxy groups -OCH3 is 2. The quantitative estimate of drug-likeness (QED) is 0.0837. The van der Waals surface area contributed by atoms with Gasteiger partial charge in [0.05, 0.1) is 85.2 Å². The van der Waals surface area contributed by atoms with Crippen molar-refractivity contribution < 1.29 is 62.9 Å². The Kier molecular flexibility index (Phi) is 15.6. The highest BCUT2D eigenvalue weighted by molar-refractivity contribution is 6.28. The Morgan fingerprint density at radius 1 is 0.623 bits per heavy atom. The average molecular weight is 1100 g/mol. The van der Waals surface area contributed by atoms with Gasteiger partial charge >= 0.3 is 12.4 Å². The van der Waals surface area contributed by atoms with Crippen LogP contribution < -0.4 is 39.8 Å². The van der Waals surface area contributed by atoms with E-state index in [-0.39, 0.29) is 59.7 Å². The van der Waals surface area contributed by atoms with Gasteiger partial charge in [0.15, 0.2) is 46.4 Å². The first-order valence-electron chi connectivity index (χ1n) is 22.6. The monoisotopic (exact) mass is 1100 g/mol. The maximum absolute atomic E-state index is 14.0. The summed E-state index contributed by atoms with van der Waals surface area (Å²) in [5.74, 6) is -3.71. The summed E-state index contributed by atoms with van der Waals surface area (Å²) in [7, 11) is 6.11. The highest BCUT2D eigenvalue weighted by atomic mass is 35.5. The van der Waals surface area contributed by atoms with Crippen LogP contribution in [0, 0.1) is 37.1 Å². The van der Waals surface area contributed by atoms with Crippen LogP contribution in [-0.2, 0) is 12.4 Å². The molecule has 6 heterocycles. The predicted molar refractivity (Wildman–Crippen MR) is 262 cm³/mol. The molecule has 0 saturated carbocycles. The van der Waals surface area contributed by atoms with Crippen LogP contribution in [0.4, 0.5) is 72.9 Å². The van der Waals surface area contributed by atoms with E-state index in [0.717, 1.165) is 28.5 Å². The van der Waals surface area contributed by atoms with Gasteiger partial charge in [0, 0.05) is 50.0 Å². The summed E-state index contributed by atoms with van der Waals surface area (Å²) in [4.78, 5) is 27.4. The Bertz CT molecular complexity index is 3450. The van der Waals surface area contributed by atoms with Gasteiger partial charge in [-0.1, -0.05) is 0 Å². The fraction of sp³-hybridized carbons (Fsp3) is 0.240. The molecule has 404 valence electrons. The number of rotatable bonds is 8. The summed E-state index contributed by atoms with van der Waals surface area (Å²) in [6.45, 7) is 3.34. The molecular weight excluding hydrogens is 1060 g/mol. The summed E-state index contributed by atoms with van der Waals surface area (Å²) in [6.07, 6.45) is 0.119. The molecule has 2 unspecified atom stereocenters. The summed E-state index contributed by atoms with van der Waals surface area (Å²) >= 11 is 5.69. The first-order chi connectivity index (χ1) is 36.4. The molecule has 0 radical (unpaired) electrons. The number of benzene rings is 4. The number of likely N-dealkylation sites (N-methyl/N-ethyl adjacent to an activating group) is 2. The van der Waals surface area contributed by atoms with Gasteiger partial charge in [-0.15, -0.1) is 0 Å². The van der Waals surface area contributed by atoms with Crippen molar-refractivity contribution in [2.24, 2.45) is 0 Å². The minimum atomic E-state index is -4.90. The van der Waals surface area contributed by atoms with E-state index >= 15 is 0 Å². The van der Waals surface area contributed by atoms with E-state index in [0.29, 0.717) is 29.3 Å². The van der Waals surface area contributed by atoms with E-state index in [2.05, 4.69) is 35.2 Å². The van der Waals surface area contributed by atoms with Gasteiger partial charge in [-0.3, -0.25) is 0 Å². The Morgan fingerprint density at radius 3 is 1.55 bits per heavy atom. The molecule has 4 aromatic carbocycles. The average Bonchev–Trinajstić information content (AvgIpc) is 4.07. The number of imidazole rings is 2. The second-order valence-electron chi connectivity index (χ2n) is 17.1. The normalized spacial score (nSPS) is 14.9. The zero-order chi connectivity index (χ0) is 55.7. The van der Waals surface area contributed by atoms with Crippen LogP contribution in [0.2, 0.25) is 5.28 Å². The number of nitrogens with zero attached hydrogens (tertiary/aromatic N) is 10. The number of hydrogen-bond donors (Lipinski definition) is 2.